The normalized spacial score (nSPS) is 13.9. The number of benzene rings is 1. The van der Waals surface area contributed by atoms with Gasteiger partial charge >= 0.3 is 0 Å². The number of halogens is 1. The molecule has 0 bridgehead atoms. The first-order valence-electron chi connectivity index (χ1n) is 6.70. The molecule has 0 radical (unpaired) electrons. The van der Waals surface area contributed by atoms with Gasteiger partial charge in [0, 0.05) is 18.0 Å². The number of rotatable bonds is 6. The SMILES string of the molecule is NCCCC(=O)Nc1ccc(Cl)c(NC(=O)C2CC2)c1. The summed E-state index contributed by atoms with van der Waals surface area (Å²) in [5.74, 6) is -0.00961. The highest BCUT2D eigenvalue weighted by Crippen LogP contribution is 2.32. The van der Waals surface area contributed by atoms with Crippen molar-refractivity contribution < 1.29 is 9.59 Å². The van der Waals surface area contributed by atoms with E-state index in [0.29, 0.717) is 35.8 Å². The smallest absolute Gasteiger partial charge is 0.227 e. The predicted molar refractivity (Wildman–Crippen MR) is 79.7 cm³/mol. The van der Waals surface area contributed by atoms with Gasteiger partial charge in [-0.15, -0.1) is 0 Å². The fourth-order valence-electron chi connectivity index (χ4n) is 1.77. The Kier molecular flexibility index (Phi) is 4.98. The fourth-order valence-corrected chi connectivity index (χ4v) is 1.93. The Hall–Kier alpha value is -1.59. The number of amides is 2. The molecule has 1 fully saturated rings. The summed E-state index contributed by atoms with van der Waals surface area (Å²) in [6.45, 7) is 0.483. The van der Waals surface area contributed by atoms with Crippen molar-refractivity contribution in [1.82, 2.24) is 0 Å². The van der Waals surface area contributed by atoms with Gasteiger partial charge in [-0.1, -0.05) is 11.6 Å². The quantitative estimate of drug-likeness (QED) is 0.753. The van der Waals surface area contributed by atoms with E-state index in [4.69, 9.17) is 17.3 Å². The summed E-state index contributed by atoms with van der Waals surface area (Å²) in [4.78, 5) is 23.4. The molecule has 2 rings (SSSR count). The molecule has 2 amide bonds. The highest BCUT2D eigenvalue weighted by atomic mass is 35.5. The van der Waals surface area contributed by atoms with Crippen LogP contribution in [0.1, 0.15) is 25.7 Å². The maximum atomic E-state index is 11.7. The van der Waals surface area contributed by atoms with Crippen LogP contribution >= 0.6 is 11.6 Å². The molecule has 1 aliphatic rings. The van der Waals surface area contributed by atoms with Crippen LogP contribution < -0.4 is 16.4 Å². The van der Waals surface area contributed by atoms with Crippen LogP contribution in [0.5, 0.6) is 0 Å². The number of hydrogen-bond donors (Lipinski definition) is 3. The first-order valence-corrected chi connectivity index (χ1v) is 7.08. The molecule has 1 aromatic rings. The van der Waals surface area contributed by atoms with Gasteiger partial charge in [0.05, 0.1) is 10.7 Å². The first kappa shape index (κ1) is 14.8. The summed E-state index contributed by atoms with van der Waals surface area (Å²) >= 11 is 6.04. The van der Waals surface area contributed by atoms with E-state index >= 15 is 0 Å². The summed E-state index contributed by atoms with van der Waals surface area (Å²) < 4.78 is 0. The predicted octanol–water partition coefficient (Wildman–Crippen LogP) is 2.37. The maximum Gasteiger partial charge on any atom is 0.227 e. The minimum atomic E-state index is -0.0998. The molecule has 108 valence electrons. The van der Waals surface area contributed by atoms with Gasteiger partial charge in [-0.2, -0.15) is 0 Å². The minimum absolute atomic E-state index is 0.0153. The summed E-state index contributed by atoms with van der Waals surface area (Å²) in [5.41, 5.74) is 6.50. The highest BCUT2D eigenvalue weighted by Gasteiger charge is 2.29. The molecule has 6 heteroatoms. The van der Waals surface area contributed by atoms with Crippen molar-refractivity contribution in [3.8, 4) is 0 Å². The Morgan fingerprint density at radius 3 is 2.70 bits per heavy atom. The zero-order chi connectivity index (χ0) is 14.5. The number of anilines is 2. The zero-order valence-corrected chi connectivity index (χ0v) is 11.9. The molecule has 0 heterocycles. The molecule has 0 spiro atoms. The number of carbonyl (C=O) groups excluding carboxylic acids is 2. The summed E-state index contributed by atoms with van der Waals surface area (Å²) in [7, 11) is 0. The molecule has 1 saturated carbocycles. The molecule has 4 N–H and O–H groups in total. The van der Waals surface area contributed by atoms with Crippen LogP contribution in [-0.2, 0) is 9.59 Å². The molecular weight excluding hydrogens is 278 g/mol. The van der Waals surface area contributed by atoms with E-state index in [1.54, 1.807) is 18.2 Å². The average Bonchev–Trinajstić information content (AvgIpc) is 3.24. The topological polar surface area (TPSA) is 84.2 Å². The highest BCUT2D eigenvalue weighted by molar-refractivity contribution is 6.33. The Morgan fingerprint density at radius 1 is 1.30 bits per heavy atom. The van der Waals surface area contributed by atoms with Gasteiger partial charge in [0.1, 0.15) is 0 Å². The van der Waals surface area contributed by atoms with Gasteiger partial charge < -0.3 is 16.4 Å². The third-order valence-electron chi connectivity index (χ3n) is 3.06. The molecule has 0 atom stereocenters. The number of nitrogens with two attached hydrogens (primary N) is 1. The number of carbonyl (C=O) groups is 2. The van der Waals surface area contributed by atoms with Crippen molar-refractivity contribution in [2.24, 2.45) is 11.7 Å². The van der Waals surface area contributed by atoms with Gasteiger partial charge in [-0.25, -0.2) is 0 Å². The largest absolute Gasteiger partial charge is 0.330 e. The van der Waals surface area contributed by atoms with Crippen LogP contribution in [0, 0.1) is 5.92 Å². The first-order chi connectivity index (χ1) is 9.60. The van der Waals surface area contributed by atoms with Crippen LogP contribution in [0.4, 0.5) is 11.4 Å². The van der Waals surface area contributed by atoms with Gasteiger partial charge in [-0.3, -0.25) is 9.59 Å². The van der Waals surface area contributed by atoms with E-state index < -0.39 is 0 Å². The van der Waals surface area contributed by atoms with Crippen molar-refractivity contribution in [3.05, 3.63) is 23.2 Å². The van der Waals surface area contributed by atoms with E-state index in [2.05, 4.69) is 10.6 Å². The van der Waals surface area contributed by atoms with E-state index in [1.165, 1.54) is 0 Å². The van der Waals surface area contributed by atoms with Crippen LogP contribution in [0.3, 0.4) is 0 Å². The number of hydrogen-bond acceptors (Lipinski definition) is 3. The van der Waals surface area contributed by atoms with Crippen LogP contribution in [-0.4, -0.2) is 18.4 Å². The van der Waals surface area contributed by atoms with Gasteiger partial charge in [0.15, 0.2) is 0 Å². The Morgan fingerprint density at radius 2 is 2.05 bits per heavy atom. The van der Waals surface area contributed by atoms with Crippen LogP contribution in [0.15, 0.2) is 18.2 Å². The van der Waals surface area contributed by atoms with Gasteiger partial charge in [0.2, 0.25) is 11.8 Å². The second-order valence-corrected chi connectivity index (χ2v) is 5.31. The summed E-state index contributed by atoms with van der Waals surface area (Å²) in [6.07, 6.45) is 2.88. The molecule has 0 saturated heterocycles. The van der Waals surface area contributed by atoms with Crippen molar-refractivity contribution >= 4 is 34.8 Å². The van der Waals surface area contributed by atoms with Crippen molar-refractivity contribution in [1.29, 1.82) is 0 Å². The van der Waals surface area contributed by atoms with Crippen LogP contribution in [0.25, 0.3) is 0 Å². The second kappa shape index (κ2) is 6.72. The van der Waals surface area contributed by atoms with Gasteiger partial charge in [-0.05, 0) is 44.0 Å². The number of nitrogens with one attached hydrogen (secondary N) is 2. The molecule has 1 aliphatic carbocycles. The lowest BCUT2D eigenvalue weighted by atomic mass is 10.2. The van der Waals surface area contributed by atoms with Gasteiger partial charge in [0.25, 0.3) is 0 Å². The Bertz CT molecular complexity index is 515. The van der Waals surface area contributed by atoms with E-state index in [1.807, 2.05) is 0 Å². The average molecular weight is 296 g/mol. The van der Waals surface area contributed by atoms with Crippen molar-refractivity contribution in [3.63, 3.8) is 0 Å². The van der Waals surface area contributed by atoms with E-state index in [9.17, 15) is 9.59 Å². The molecule has 0 aliphatic heterocycles. The maximum absolute atomic E-state index is 11.7. The van der Waals surface area contributed by atoms with Crippen molar-refractivity contribution in [2.45, 2.75) is 25.7 Å². The lowest BCUT2D eigenvalue weighted by Gasteiger charge is -2.10. The monoisotopic (exact) mass is 295 g/mol. The fraction of sp³-hybridized carbons (Fsp3) is 0.429. The van der Waals surface area contributed by atoms with Crippen LogP contribution in [0.2, 0.25) is 5.02 Å². The molecular formula is C14H18ClN3O2. The van der Waals surface area contributed by atoms with E-state index in [0.717, 1.165) is 12.8 Å². The molecule has 20 heavy (non-hydrogen) atoms. The summed E-state index contributed by atoms with van der Waals surface area (Å²) in [5, 5.41) is 6.00. The second-order valence-electron chi connectivity index (χ2n) is 4.90. The summed E-state index contributed by atoms with van der Waals surface area (Å²) in [6, 6.07) is 5.03. The third kappa shape index (κ3) is 4.21. The molecule has 1 aromatic carbocycles. The molecule has 0 aromatic heterocycles. The molecule has 0 unspecified atom stereocenters. The van der Waals surface area contributed by atoms with Crippen molar-refractivity contribution in [2.75, 3.05) is 17.2 Å². The lowest BCUT2D eigenvalue weighted by molar-refractivity contribution is -0.117. The molecule has 5 nitrogen and oxygen atoms in total. The Balaban J connectivity index is 1.99. The van der Waals surface area contributed by atoms with E-state index in [-0.39, 0.29) is 17.7 Å². The minimum Gasteiger partial charge on any atom is -0.330 e. The lowest BCUT2D eigenvalue weighted by Crippen LogP contribution is -2.15. The third-order valence-corrected chi connectivity index (χ3v) is 3.39. The Labute approximate surface area is 122 Å². The standard InChI is InChI=1S/C14H18ClN3O2/c15-11-6-5-10(17-13(19)2-1-7-16)8-12(11)18-14(20)9-3-4-9/h5-6,8-9H,1-4,7,16H2,(H,17,19)(H,18,20). The zero-order valence-electron chi connectivity index (χ0n) is 11.1.